The van der Waals surface area contributed by atoms with Crippen LogP contribution >= 0.6 is 0 Å². The maximum Gasteiger partial charge on any atom is 0.127 e. The normalized spacial score (nSPS) is 12.6. The average molecular weight is 233 g/mol. The Morgan fingerprint density at radius 2 is 1.82 bits per heavy atom. The Kier molecular flexibility index (Phi) is 3.93. The Labute approximate surface area is 99.5 Å². The summed E-state index contributed by atoms with van der Waals surface area (Å²) in [6.07, 6.45) is -0.723. The number of ether oxygens (including phenoxy) is 1. The van der Waals surface area contributed by atoms with Gasteiger partial charge in [-0.25, -0.2) is 5.90 Å². The van der Waals surface area contributed by atoms with Crippen LogP contribution in [0, 0.1) is 0 Å². The summed E-state index contributed by atoms with van der Waals surface area (Å²) < 4.78 is 5.55. The molecular formula is C13H15NO3. The van der Waals surface area contributed by atoms with Gasteiger partial charge < -0.3 is 14.7 Å². The quantitative estimate of drug-likeness (QED) is 0.767. The van der Waals surface area contributed by atoms with Crippen molar-refractivity contribution in [1.82, 2.24) is 0 Å². The van der Waals surface area contributed by atoms with Gasteiger partial charge in [-0.05, 0) is 11.5 Å². The molecule has 0 saturated carbocycles. The summed E-state index contributed by atoms with van der Waals surface area (Å²) in [4.78, 5) is 4.35. The van der Waals surface area contributed by atoms with Crippen LogP contribution in [0.4, 0.5) is 0 Å². The predicted molar refractivity (Wildman–Crippen MR) is 65.6 cm³/mol. The second-order valence-corrected chi connectivity index (χ2v) is 3.78. The van der Waals surface area contributed by atoms with E-state index in [0.29, 0.717) is 0 Å². The standard InChI is InChI=1S/C13H15NO3/c14-17-9-11(15)8-16-13-7-3-5-10-4-1-2-6-12(10)13/h1-7,11,15H,8-9,14H2/t11-/m1/s1. The fourth-order valence-electron chi connectivity index (χ4n) is 1.67. The van der Waals surface area contributed by atoms with Crippen molar-refractivity contribution < 1.29 is 14.7 Å². The highest BCUT2D eigenvalue weighted by Crippen LogP contribution is 2.25. The molecule has 2 aromatic carbocycles. The van der Waals surface area contributed by atoms with Crippen LogP contribution in [0.1, 0.15) is 0 Å². The van der Waals surface area contributed by atoms with Gasteiger partial charge in [0.2, 0.25) is 0 Å². The Morgan fingerprint density at radius 1 is 1.06 bits per heavy atom. The third-order valence-electron chi connectivity index (χ3n) is 2.47. The topological polar surface area (TPSA) is 64.7 Å². The van der Waals surface area contributed by atoms with E-state index in [0.717, 1.165) is 16.5 Å². The van der Waals surface area contributed by atoms with Crippen LogP contribution in [-0.4, -0.2) is 24.4 Å². The molecule has 17 heavy (non-hydrogen) atoms. The summed E-state index contributed by atoms with van der Waals surface area (Å²) >= 11 is 0. The van der Waals surface area contributed by atoms with Gasteiger partial charge in [-0.2, -0.15) is 0 Å². The fraction of sp³-hybridized carbons (Fsp3) is 0.231. The Balaban J connectivity index is 2.13. The zero-order chi connectivity index (χ0) is 12.1. The fourth-order valence-corrected chi connectivity index (χ4v) is 1.67. The van der Waals surface area contributed by atoms with Crippen molar-refractivity contribution in [3.63, 3.8) is 0 Å². The van der Waals surface area contributed by atoms with E-state index in [1.54, 1.807) is 0 Å². The summed E-state index contributed by atoms with van der Waals surface area (Å²) in [5.74, 6) is 5.62. The Bertz CT molecular complexity index is 482. The minimum Gasteiger partial charge on any atom is -0.490 e. The van der Waals surface area contributed by atoms with Gasteiger partial charge in [0.25, 0.3) is 0 Å². The molecule has 2 aromatic rings. The molecule has 0 saturated heterocycles. The summed E-state index contributed by atoms with van der Waals surface area (Å²) in [5.41, 5.74) is 0. The Hall–Kier alpha value is -1.62. The molecule has 2 rings (SSSR count). The van der Waals surface area contributed by atoms with Gasteiger partial charge in [-0.1, -0.05) is 36.4 Å². The van der Waals surface area contributed by atoms with E-state index in [4.69, 9.17) is 10.6 Å². The van der Waals surface area contributed by atoms with Crippen LogP contribution in [0.2, 0.25) is 0 Å². The van der Waals surface area contributed by atoms with E-state index in [1.165, 1.54) is 0 Å². The largest absolute Gasteiger partial charge is 0.490 e. The second-order valence-electron chi connectivity index (χ2n) is 3.78. The first-order valence-electron chi connectivity index (χ1n) is 5.41. The van der Waals surface area contributed by atoms with E-state index in [1.807, 2.05) is 42.5 Å². The number of aliphatic hydroxyl groups excluding tert-OH is 1. The number of rotatable bonds is 5. The molecule has 0 radical (unpaired) electrons. The van der Waals surface area contributed by atoms with Gasteiger partial charge in [0, 0.05) is 5.39 Å². The molecule has 0 heterocycles. The van der Waals surface area contributed by atoms with Gasteiger partial charge in [-0.3, -0.25) is 0 Å². The molecule has 3 N–H and O–H groups in total. The van der Waals surface area contributed by atoms with Crippen LogP contribution in [0.3, 0.4) is 0 Å². The minimum atomic E-state index is -0.723. The SMILES string of the molecule is NOC[C@H](O)COc1cccc2ccccc12. The molecule has 0 aliphatic carbocycles. The third kappa shape index (κ3) is 2.94. The first kappa shape index (κ1) is 11.9. The smallest absolute Gasteiger partial charge is 0.127 e. The molecule has 0 aromatic heterocycles. The lowest BCUT2D eigenvalue weighted by molar-refractivity contribution is 0.0119. The Morgan fingerprint density at radius 3 is 2.65 bits per heavy atom. The highest BCUT2D eigenvalue weighted by atomic mass is 16.6. The molecule has 1 atom stereocenters. The molecule has 0 aliphatic heterocycles. The maximum atomic E-state index is 9.45. The van der Waals surface area contributed by atoms with E-state index in [9.17, 15) is 5.11 Å². The maximum absolute atomic E-state index is 9.45. The van der Waals surface area contributed by atoms with Crippen molar-refractivity contribution in [2.45, 2.75) is 6.10 Å². The average Bonchev–Trinajstić information content (AvgIpc) is 2.36. The van der Waals surface area contributed by atoms with Crippen molar-refractivity contribution >= 4 is 10.8 Å². The van der Waals surface area contributed by atoms with Crippen molar-refractivity contribution in [3.8, 4) is 5.75 Å². The van der Waals surface area contributed by atoms with Crippen LogP contribution in [-0.2, 0) is 4.84 Å². The molecule has 0 bridgehead atoms. The minimum absolute atomic E-state index is 0.0603. The van der Waals surface area contributed by atoms with Gasteiger partial charge in [0.05, 0.1) is 6.61 Å². The lowest BCUT2D eigenvalue weighted by Crippen LogP contribution is -2.25. The zero-order valence-electron chi connectivity index (χ0n) is 9.37. The summed E-state index contributed by atoms with van der Waals surface area (Å²) in [6.45, 7) is 0.218. The number of fused-ring (bicyclic) bond motifs is 1. The molecule has 4 nitrogen and oxygen atoms in total. The number of aliphatic hydroxyl groups is 1. The van der Waals surface area contributed by atoms with Gasteiger partial charge in [-0.15, -0.1) is 0 Å². The van der Waals surface area contributed by atoms with E-state index in [2.05, 4.69) is 4.84 Å². The number of nitrogens with two attached hydrogens (primary N) is 1. The number of hydrogen-bond donors (Lipinski definition) is 2. The van der Waals surface area contributed by atoms with Gasteiger partial charge in [0.15, 0.2) is 0 Å². The molecule has 90 valence electrons. The summed E-state index contributed by atoms with van der Waals surface area (Å²) in [6, 6.07) is 13.7. The zero-order valence-corrected chi connectivity index (χ0v) is 9.37. The molecule has 0 amide bonds. The van der Waals surface area contributed by atoms with Crippen molar-refractivity contribution in [1.29, 1.82) is 0 Å². The van der Waals surface area contributed by atoms with Crippen LogP contribution < -0.4 is 10.6 Å². The monoisotopic (exact) mass is 233 g/mol. The molecule has 4 heteroatoms. The van der Waals surface area contributed by atoms with Crippen molar-refractivity contribution in [2.24, 2.45) is 5.90 Å². The predicted octanol–water partition coefficient (Wildman–Crippen LogP) is 1.47. The molecule has 0 unspecified atom stereocenters. The van der Waals surface area contributed by atoms with E-state index < -0.39 is 6.10 Å². The van der Waals surface area contributed by atoms with Crippen LogP contribution in [0.5, 0.6) is 5.75 Å². The van der Waals surface area contributed by atoms with E-state index >= 15 is 0 Å². The summed E-state index contributed by atoms with van der Waals surface area (Å²) in [5, 5.41) is 11.6. The van der Waals surface area contributed by atoms with Crippen molar-refractivity contribution in [3.05, 3.63) is 42.5 Å². The molecule has 0 fully saturated rings. The van der Waals surface area contributed by atoms with E-state index in [-0.39, 0.29) is 13.2 Å². The second kappa shape index (κ2) is 5.63. The number of hydrogen-bond acceptors (Lipinski definition) is 4. The summed E-state index contributed by atoms with van der Waals surface area (Å²) in [7, 11) is 0. The van der Waals surface area contributed by atoms with Crippen LogP contribution in [0.25, 0.3) is 10.8 Å². The highest BCUT2D eigenvalue weighted by molar-refractivity contribution is 5.88. The van der Waals surface area contributed by atoms with Gasteiger partial charge in [0.1, 0.15) is 18.5 Å². The molecular weight excluding hydrogens is 218 g/mol. The first-order chi connectivity index (χ1) is 8.31. The molecule has 0 aliphatic rings. The van der Waals surface area contributed by atoms with Crippen molar-refractivity contribution in [2.75, 3.05) is 13.2 Å². The first-order valence-corrected chi connectivity index (χ1v) is 5.41. The lowest BCUT2D eigenvalue weighted by Gasteiger charge is -2.12. The van der Waals surface area contributed by atoms with Gasteiger partial charge >= 0.3 is 0 Å². The lowest BCUT2D eigenvalue weighted by atomic mass is 10.1. The molecule has 0 spiro atoms. The van der Waals surface area contributed by atoms with Crippen LogP contribution in [0.15, 0.2) is 42.5 Å². The third-order valence-corrected chi connectivity index (χ3v) is 2.47. The number of benzene rings is 2. The highest BCUT2D eigenvalue weighted by Gasteiger charge is 2.06.